The Morgan fingerprint density at radius 3 is 2.73 bits per heavy atom. The first kappa shape index (κ1) is 15.1. The molecule has 2 aromatic rings. The van der Waals surface area contributed by atoms with Crippen LogP contribution in [-0.2, 0) is 11.3 Å². The fourth-order valence-corrected chi connectivity index (χ4v) is 2.89. The molecule has 0 atom stereocenters. The van der Waals surface area contributed by atoms with Crippen molar-refractivity contribution in [2.75, 3.05) is 26.3 Å². The summed E-state index contributed by atoms with van der Waals surface area (Å²) in [4.78, 5) is 27.0. The number of aryl methyl sites for hydroxylation is 1. The lowest BCUT2D eigenvalue weighted by Gasteiger charge is -2.27. The van der Waals surface area contributed by atoms with E-state index in [4.69, 9.17) is 16.3 Å². The fraction of sp³-hybridized carbons (Fsp3) is 0.375. The van der Waals surface area contributed by atoms with E-state index in [0.29, 0.717) is 43.3 Å². The second kappa shape index (κ2) is 6.10. The molecule has 2 heterocycles. The molecule has 0 aliphatic carbocycles. The van der Waals surface area contributed by atoms with Crippen LogP contribution in [0.15, 0.2) is 29.2 Å². The van der Waals surface area contributed by atoms with E-state index in [0.717, 1.165) is 5.52 Å². The average molecular weight is 321 g/mol. The Hall–Kier alpha value is -1.85. The molecule has 1 aliphatic rings. The van der Waals surface area contributed by atoms with Crippen LogP contribution in [0.2, 0.25) is 5.02 Å². The maximum Gasteiger partial charge on any atom is 0.259 e. The van der Waals surface area contributed by atoms with Crippen LogP contribution in [0.3, 0.4) is 0 Å². The first-order valence-corrected chi connectivity index (χ1v) is 7.69. The molecule has 0 radical (unpaired) electrons. The number of amides is 1. The Balaban J connectivity index is 2.15. The predicted octanol–water partition coefficient (Wildman–Crippen LogP) is 2.15. The predicted molar refractivity (Wildman–Crippen MR) is 85.6 cm³/mol. The summed E-state index contributed by atoms with van der Waals surface area (Å²) >= 11 is 6.01. The highest BCUT2D eigenvalue weighted by Gasteiger charge is 2.22. The van der Waals surface area contributed by atoms with Crippen LogP contribution in [0, 0.1) is 0 Å². The highest BCUT2D eigenvalue weighted by Crippen LogP contribution is 2.18. The summed E-state index contributed by atoms with van der Waals surface area (Å²) in [5, 5.41) is 0.969. The number of hydrogen-bond acceptors (Lipinski definition) is 3. The quantitative estimate of drug-likeness (QED) is 0.852. The number of pyridine rings is 1. The van der Waals surface area contributed by atoms with Gasteiger partial charge in [-0.15, -0.1) is 0 Å². The lowest BCUT2D eigenvalue weighted by atomic mass is 10.1. The summed E-state index contributed by atoms with van der Waals surface area (Å²) in [5.74, 6) is -0.239. The van der Waals surface area contributed by atoms with Crippen molar-refractivity contribution < 1.29 is 9.53 Å². The molecule has 1 saturated heterocycles. The van der Waals surface area contributed by atoms with Crippen molar-refractivity contribution in [3.05, 3.63) is 45.2 Å². The number of nitrogens with zero attached hydrogens (tertiary/aromatic N) is 2. The van der Waals surface area contributed by atoms with Gasteiger partial charge in [0.05, 0.1) is 18.7 Å². The molecule has 116 valence electrons. The Kier molecular flexibility index (Phi) is 4.18. The SMILES string of the molecule is CCn1cc(C(=O)N2CCOCC2)c(=O)c2cc(Cl)ccc21. The Morgan fingerprint density at radius 2 is 2.05 bits per heavy atom. The van der Waals surface area contributed by atoms with Gasteiger partial charge in [0.1, 0.15) is 5.56 Å². The molecule has 0 saturated carbocycles. The van der Waals surface area contributed by atoms with E-state index in [-0.39, 0.29) is 16.9 Å². The third-order valence-corrected chi connectivity index (χ3v) is 4.15. The maximum absolute atomic E-state index is 12.7. The number of ether oxygens (including phenoxy) is 1. The zero-order chi connectivity index (χ0) is 15.7. The van der Waals surface area contributed by atoms with E-state index >= 15 is 0 Å². The number of benzene rings is 1. The fourth-order valence-electron chi connectivity index (χ4n) is 2.72. The Labute approximate surface area is 133 Å². The van der Waals surface area contributed by atoms with Crippen molar-refractivity contribution in [2.45, 2.75) is 13.5 Å². The number of hydrogen-bond donors (Lipinski definition) is 0. The van der Waals surface area contributed by atoms with Crippen molar-refractivity contribution in [3.8, 4) is 0 Å². The minimum absolute atomic E-state index is 0.193. The third-order valence-electron chi connectivity index (χ3n) is 3.91. The lowest BCUT2D eigenvalue weighted by Crippen LogP contribution is -2.42. The zero-order valence-electron chi connectivity index (χ0n) is 12.3. The van der Waals surface area contributed by atoms with E-state index in [1.54, 1.807) is 23.2 Å². The summed E-state index contributed by atoms with van der Waals surface area (Å²) in [7, 11) is 0. The van der Waals surface area contributed by atoms with Crippen LogP contribution in [-0.4, -0.2) is 41.7 Å². The normalized spacial score (nSPS) is 15.3. The van der Waals surface area contributed by atoms with Gasteiger partial charge < -0.3 is 14.2 Å². The average Bonchev–Trinajstić information content (AvgIpc) is 2.56. The van der Waals surface area contributed by atoms with Crippen molar-refractivity contribution in [2.24, 2.45) is 0 Å². The van der Waals surface area contributed by atoms with E-state index in [1.165, 1.54) is 0 Å². The van der Waals surface area contributed by atoms with Crippen molar-refractivity contribution >= 4 is 28.4 Å². The van der Waals surface area contributed by atoms with Gasteiger partial charge in [0.2, 0.25) is 5.43 Å². The molecule has 0 bridgehead atoms. The highest BCUT2D eigenvalue weighted by molar-refractivity contribution is 6.31. The maximum atomic E-state index is 12.7. The van der Waals surface area contributed by atoms with Gasteiger partial charge >= 0.3 is 0 Å². The molecule has 1 fully saturated rings. The van der Waals surface area contributed by atoms with Gasteiger partial charge in [0.25, 0.3) is 5.91 Å². The molecular weight excluding hydrogens is 304 g/mol. The van der Waals surface area contributed by atoms with Gasteiger partial charge in [-0.1, -0.05) is 11.6 Å². The minimum atomic E-state index is -0.265. The summed E-state index contributed by atoms with van der Waals surface area (Å²) in [5.41, 5.74) is 0.715. The number of halogens is 1. The Morgan fingerprint density at radius 1 is 1.32 bits per heavy atom. The molecule has 0 spiro atoms. The van der Waals surface area contributed by atoms with Gasteiger partial charge in [-0.2, -0.15) is 0 Å². The van der Waals surface area contributed by atoms with Crippen LogP contribution in [0.25, 0.3) is 10.9 Å². The molecule has 1 amide bonds. The minimum Gasteiger partial charge on any atom is -0.378 e. The Bertz CT molecular complexity index is 779. The molecule has 1 aromatic heterocycles. The number of carbonyl (C=O) groups excluding carboxylic acids is 1. The van der Waals surface area contributed by atoms with Crippen LogP contribution in [0.5, 0.6) is 0 Å². The number of fused-ring (bicyclic) bond motifs is 1. The van der Waals surface area contributed by atoms with Crippen molar-refractivity contribution in [3.63, 3.8) is 0 Å². The van der Waals surface area contributed by atoms with E-state index in [1.807, 2.05) is 17.6 Å². The van der Waals surface area contributed by atoms with E-state index in [2.05, 4.69) is 0 Å². The molecule has 6 heteroatoms. The van der Waals surface area contributed by atoms with Gasteiger partial charge in [-0.25, -0.2) is 0 Å². The van der Waals surface area contributed by atoms with Crippen LogP contribution in [0.4, 0.5) is 0 Å². The molecule has 1 aliphatic heterocycles. The molecule has 1 aromatic carbocycles. The molecule has 22 heavy (non-hydrogen) atoms. The third kappa shape index (κ3) is 2.62. The second-order valence-corrected chi connectivity index (χ2v) is 5.66. The summed E-state index contributed by atoms with van der Waals surface area (Å²) < 4.78 is 7.16. The smallest absolute Gasteiger partial charge is 0.259 e. The molecular formula is C16H17ClN2O3. The standard InChI is InChI=1S/C16H17ClN2O3/c1-2-18-10-13(16(21)19-5-7-22-8-6-19)15(20)12-9-11(17)3-4-14(12)18/h3-4,9-10H,2,5-8H2,1H3. The van der Waals surface area contributed by atoms with E-state index < -0.39 is 0 Å². The van der Waals surface area contributed by atoms with E-state index in [9.17, 15) is 9.59 Å². The first-order valence-electron chi connectivity index (χ1n) is 7.31. The number of morpholine rings is 1. The largest absolute Gasteiger partial charge is 0.378 e. The molecule has 5 nitrogen and oxygen atoms in total. The van der Waals surface area contributed by atoms with Crippen LogP contribution in [0.1, 0.15) is 17.3 Å². The van der Waals surface area contributed by atoms with Gasteiger partial charge in [-0.05, 0) is 25.1 Å². The number of carbonyl (C=O) groups is 1. The molecule has 0 N–H and O–H groups in total. The summed E-state index contributed by atoms with van der Waals surface area (Å²) in [6.45, 7) is 4.68. The topological polar surface area (TPSA) is 51.5 Å². The van der Waals surface area contributed by atoms with Crippen molar-refractivity contribution in [1.82, 2.24) is 9.47 Å². The highest BCUT2D eigenvalue weighted by atomic mass is 35.5. The summed E-state index contributed by atoms with van der Waals surface area (Å²) in [6.07, 6.45) is 1.65. The van der Waals surface area contributed by atoms with Crippen molar-refractivity contribution in [1.29, 1.82) is 0 Å². The second-order valence-electron chi connectivity index (χ2n) is 5.22. The molecule has 0 unspecified atom stereocenters. The monoisotopic (exact) mass is 320 g/mol. The van der Waals surface area contributed by atoms with Gasteiger partial charge in [-0.3, -0.25) is 9.59 Å². The van der Waals surface area contributed by atoms with Crippen LogP contribution >= 0.6 is 11.6 Å². The van der Waals surface area contributed by atoms with Gasteiger partial charge in [0.15, 0.2) is 0 Å². The first-order chi connectivity index (χ1) is 10.6. The summed E-state index contributed by atoms with van der Waals surface area (Å²) in [6, 6.07) is 5.19. The number of aromatic nitrogens is 1. The molecule has 3 rings (SSSR count). The van der Waals surface area contributed by atoms with Crippen LogP contribution < -0.4 is 5.43 Å². The van der Waals surface area contributed by atoms with Gasteiger partial charge in [0, 0.05) is 36.2 Å². The number of rotatable bonds is 2. The lowest BCUT2D eigenvalue weighted by molar-refractivity contribution is 0.0301. The zero-order valence-corrected chi connectivity index (χ0v) is 13.1.